The van der Waals surface area contributed by atoms with E-state index < -0.39 is 6.10 Å². The van der Waals surface area contributed by atoms with E-state index in [4.69, 9.17) is 4.74 Å². The van der Waals surface area contributed by atoms with Crippen molar-refractivity contribution < 1.29 is 14.3 Å². The van der Waals surface area contributed by atoms with Gasteiger partial charge in [0.15, 0.2) is 6.10 Å². The summed E-state index contributed by atoms with van der Waals surface area (Å²) in [6, 6.07) is 24.6. The second-order valence-corrected chi connectivity index (χ2v) is 6.94. The van der Waals surface area contributed by atoms with Crippen LogP contribution in [0.25, 0.3) is 0 Å². The standard InChI is InChI=1S/C24H22N2O3/c27-23(25-15-14-17-8-2-1-3-9-17)19-11-5-6-12-20(19)26-24(28)22-16-18-10-4-7-13-21(18)29-22/h1-13,22H,14-16H2,(H,25,27)(H,26,28). The Bertz CT molecular complexity index is 992. The van der Waals surface area contributed by atoms with Crippen LogP contribution in [0.3, 0.4) is 0 Å². The molecule has 2 amide bonds. The molecule has 1 aliphatic rings. The van der Waals surface area contributed by atoms with Gasteiger partial charge in [-0.1, -0.05) is 60.7 Å². The Balaban J connectivity index is 1.38. The molecular weight excluding hydrogens is 364 g/mol. The van der Waals surface area contributed by atoms with Crippen LogP contribution in [0.1, 0.15) is 21.5 Å². The number of carbonyl (C=O) groups is 2. The van der Waals surface area contributed by atoms with Gasteiger partial charge in [0, 0.05) is 13.0 Å². The molecule has 0 aliphatic carbocycles. The van der Waals surface area contributed by atoms with Crippen molar-refractivity contribution in [2.24, 2.45) is 0 Å². The van der Waals surface area contributed by atoms with Gasteiger partial charge >= 0.3 is 0 Å². The summed E-state index contributed by atoms with van der Waals surface area (Å²) in [6.07, 6.45) is 0.671. The molecule has 0 fully saturated rings. The lowest BCUT2D eigenvalue weighted by Gasteiger charge is -2.14. The summed E-state index contributed by atoms with van der Waals surface area (Å²) < 4.78 is 5.74. The molecule has 3 aromatic carbocycles. The Morgan fingerprint density at radius 2 is 1.62 bits per heavy atom. The fourth-order valence-electron chi connectivity index (χ4n) is 3.39. The number of hydrogen-bond acceptors (Lipinski definition) is 3. The van der Waals surface area contributed by atoms with Gasteiger partial charge in [0.2, 0.25) is 0 Å². The first-order valence-corrected chi connectivity index (χ1v) is 9.67. The van der Waals surface area contributed by atoms with E-state index in [1.54, 1.807) is 24.3 Å². The van der Waals surface area contributed by atoms with Crippen LogP contribution in [0.15, 0.2) is 78.9 Å². The molecule has 1 atom stereocenters. The molecule has 0 bridgehead atoms. The van der Waals surface area contributed by atoms with Crippen LogP contribution in [0, 0.1) is 0 Å². The number of hydrogen-bond donors (Lipinski definition) is 2. The van der Waals surface area contributed by atoms with Crippen molar-refractivity contribution in [2.75, 3.05) is 11.9 Å². The first kappa shape index (κ1) is 18.7. The van der Waals surface area contributed by atoms with E-state index in [1.165, 1.54) is 0 Å². The van der Waals surface area contributed by atoms with Crippen molar-refractivity contribution in [1.29, 1.82) is 0 Å². The van der Waals surface area contributed by atoms with Crippen LogP contribution in [0.5, 0.6) is 5.75 Å². The maximum absolute atomic E-state index is 12.7. The highest BCUT2D eigenvalue weighted by molar-refractivity contribution is 6.04. The molecule has 0 saturated heterocycles. The molecule has 0 aromatic heterocycles. The van der Waals surface area contributed by atoms with Gasteiger partial charge in [0.1, 0.15) is 5.75 Å². The number of fused-ring (bicyclic) bond motifs is 1. The number of amides is 2. The Morgan fingerprint density at radius 1 is 0.897 bits per heavy atom. The fourth-order valence-corrected chi connectivity index (χ4v) is 3.39. The first-order chi connectivity index (χ1) is 14.2. The third-order valence-corrected chi connectivity index (χ3v) is 4.91. The second-order valence-electron chi connectivity index (χ2n) is 6.94. The lowest BCUT2D eigenvalue weighted by Crippen LogP contribution is -2.33. The first-order valence-electron chi connectivity index (χ1n) is 9.67. The molecule has 2 N–H and O–H groups in total. The van der Waals surface area contributed by atoms with E-state index in [2.05, 4.69) is 10.6 Å². The average molecular weight is 386 g/mol. The molecule has 5 heteroatoms. The average Bonchev–Trinajstić information content (AvgIpc) is 3.19. The molecule has 0 saturated carbocycles. The number of benzene rings is 3. The van der Waals surface area contributed by atoms with E-state index in [0.29, 0.717) is 24.2 Å². The second kappa shape index (κ2) is 8.61. The van der Waals surface area contributed by atoms with Crippen LogP contribution in [-0.2, 0) is 17.6 Å². The molecule has 0 spiro atoms. The minimum absolute atomic E-state index is 0.215. The van der Waals surface area contributed by atoms with E-state index in [1.807, 2.05) is 54.6 Å². The summed E-state index contributed by atoms with van der Waals surface area (Å²) in [5, 5.41) is 5.77. The van der Waals surface area contributed by atoms with Crippen molar-refractivity contribution >= 4 is 17.5 Å². The number of carbonyl (C=O) groups excluding carboxylic acids is 2. The van der Waals surface area contributed by atoms with Gasteiger partial charge in [0.05, 0.1) is 11.3 Å². The molecule has 4 rings (SSSR count). The van der Waals surface area contributed by atoms with Crippen LogP contribution < -0.4 is 15.4 Å². The smallest absolute Gasteiger partial charge is 0.265 e. The third-order valence-electron chi connectivity index (χ3n) is 4.91. The van der Waals surface area contributed by atoms with Crippen molar-refractivity contribution in [3.63, 3.8) is 0 Å². The zero-order chi connectivity index (χ0) is 20.1. The Kier molecular flexibility index (Phi) is 5.56. The monoisotopic (exact) mass is 386 g/mol. The van der Waals surface area contributed by atoms with Crippen LogP contribution in [0.2, 0.25) is 0 Å². The topological polar surface area (TPSA) is 67.4 Å². The molecule has 3 aromatic rings. The Hall–Kier alpha value is -3.60. The number of para-hydroxylation sites is 2. The zero-order valence-electron chi connectivity index (χ0n) is 15.9. The lowest BCUT2D eigenvalue weighted by atomic mass is 10.1. The summed E-state index contributed by atoms with van der Waals surface area (Å²) in [6.45, 7) is 0.520. The number of anilines is 1. The SMILES string of the molecule is O=C(NCCc1ccccc1)c1ccccc1NC(=O)C1Cc2ccccc2O1. The zero-order valence-corrected chi connectivity index (χ0v) is 15.9. The summed E-state index contributed by atoms with van der Waals surface area (Å²) >= 11 is 0. The lowest BCUT2D eigenvalue weighted by molar-refractivity contribution is -0.122. The van der Waals surface area contributed by atoms with E-state index in [0.717, 1.165) is 23.3 Å². The Labute approximate surface area is 169 Å². The molecular formula is C24H22N2O3. The summed E-state index contributed by atoms with van der Waals surface area (Å²) in [7, 11) is 0. The maximum Gasteiger partial charge on any atom is 0.265 e. The van der Waals surface area contributed by atoms with Gasteiger partial charge in [-0.3, -0.25) is 9.59 Å². The minimum atomic E-state index is -0.596. The predicted octanol–water partition coefficient (Wildman–Crippen LogP) is 3.60. The van der Waals surface area contributed by atoms with E-state index >= 15 is 0 Å². The van der Waals surface area contributed by atoms with Gasteiger partial charge in [-0.25, -0.2) is 0 Å². The highest BCUT2D eigenvalue weighted by Crippen LogP contribution is 2.29. The van der Waals surface area contributed by atoms with Gasteiger partial charge in [-0.05, 0) is 35.7 Å². The van der Waals surface area contributed by atoms with Crippen molar-refractivity contribution in [1.82, 2.24) is 5.32 Å². The number of nitrogens with one attached hydrogen (secondary N) is 2. The van der Waals surface area contributed by atoms with Crippen molar-refractivity contribution in [3.05, 3.63) is 95.6 Å². The minimum Gasteiger partial charge on any atom is -0.480 e. The van der Waals surface area contributed by atoms with Gasteiger partial charge in [-0.15, -0.1) is 0 Å². The van der Waals surface area contributed by atoms with Crippen LogP contribution in [-0.4, -0.2) is 24.5 Å². The van der Waals surface area contributed by atoms with Crippen LogP contribution in [0.4, 0.5) is 5.69 Å². The van der Waals surface area contributed by atoms with E-state index in [9.17, 15) is 9.59 Å². The molecule has 1 unspecified atom stereocenters. The summed E-state index contributed by atoms with van der Waals surface area (Å²) in [5.41, 5.74) is 3.09. The van der Waals surface area contributed by atoms with Crippen molar-refractivity contribution in [2.45, 2.75) is 18.9 Å². The third kappa shape index (κ3) is 4.46. The molecule has 29 heavy (non-hydrogen) atoms. The quantitative estimate of drug-likeness (QED) is 0.680. The Morgan fingerprint density at radius 3 is 2.45 bits per heavy atom. The highest BCUT2D eigenvalue weighted by atomic mass is 16.5. The maximum atomic E-state index is 12.7. The number of rotatable bonds is 6. The molecule has 5 nitrogen and oxygen atoms in total. The van der Waals surface area contributed by atoms with Crippen LogP contribution >= 0.6 is 0 Å². The predicted molar refractivity (Wildman–Crippen MR) is 112 cm³/mol. The molecule has 1 heterocycles. The number of ether oxygens (including phenoxy) is 1. The van der Waals surface area contributed by atoms with E-state index in [-0.39, 0.29) is 11.8 Å². The normalized spacial score (nSPS) is 14.6. The summed E-state index contributed by atoms with van der Waals surface area (Å²) in [4.78, 5) is 25.3. The highest BCUT2D eigenvalue weighted by Gasteiger charge is 2.29. The fraction of sp³-hybridized carbons (Fsp3) is 0.167. The molecule has 0 radical (unpaired) electrons. The van der Waals surface area contributed by atoms with Crippen molar-refractivity contribution in [3.8, 4) is 5.75 Å². The largest absolute Gasteiger partial charge is 0.480 e. The summed E-state index contributed by atoms with van der Waals surface area (Å²) in [5.74, 6) is 0.262. The van der Waals surface area contributed by atoms with Gasteiger partial charge in [-0.2, -0.15) is 0 Å². The van der Waals surface area contributed by atoms with Gasteiger partial charge < -0.3 is 15.4 Å². The molecule has 1 aliphatic heterocycles. The van der Waals surface area contributed by atoms with Gasteiger partial charge in [0.25, 0.3) is 11.8 Å². The molecule has 146 valence electrons.